The molecule has 0 bridgehead atoms. The maximum absolute atomic E-state index is 9.96. The molecule has 0 aliphatic rings. The molecule has 1 unspecified atom stereocenters. The molecule has 3 N–H and O–H groups in total. The zero-order valence-electron chi connectivity index (χ0n) is 22.4. The summed E-state index contributed by atoms with van der Waals surface area (Å²) in [6, 6.07) is 33.7. The number of rotatable bonds is 9. The van der Waals surface area contributed by atoms with Crippen LogP contribution < -0.4 is 16.0 Å². The van der Waals surface area contributed by atoms with Gasteiger partial charge in [0.15, 0.2) is 11.6 Å². The maximum atomic E-state index is 9.96. The first-order valence-electron chi connectivity index (χ1n) is 13.1. The van der Waals surface area contributed by atoms with Gasteiger partial charge in [-0.15, -0.1) is 0 Å². The van der Waals surface area contributed by atoms with Gasteiger partial charge in [0, 0.05) is 28.8 Å². The highest BCUT2D eigenvalue weighted by atomic mass is 35.5. The molecule has 0 aliphatic heterocycles. The van der Waals surface area contributed by atoms with E-state index in [1.165, 1.54) is 6.33 Å². The van der Waals surface area contributed by atoms with Crippen LogP contribution in [0.2, 0.25) is 10.0 Å². The van der Waals surface area contributed by atoms with Crippen molar-refractivity contribution in [3.63, 3.8) is 0 Å². The van der Waals surface area contributed by atoms with Crippen LogP contribution in [0.25, 0.3) is 0 Å². The Bertz CT molecular complexity index is 1630. The molecule has 0 saturated carbocycles. The molecule has 0 aliphatic carbocycles. The topological polar surface area (TPSA) is 90.9 Å². The lowest BCUT2D eigenvalue weighted by Crippen LogP contribution is -2.24. The fourth-order valence-electron chi connectivity index (χ4n) is 4.72. The zero-order chi connectivity index (χ0) is 28.8. The van der Waals surface area contributed by atoms with Crippen LogP contribution in [-0.2, 0) is 13.1 Å². The van der Waals surface area contributed by atoms with Gasteiger partial charge < -0.3 is 16.0 Å². The second-order valence-corrected chi connectivity index (χ2v) is 10.6. The fourth-order valence-corrected chi connectivity index (χ4v) is 5.12. The third-order valence-electron chi connectivity index (χ3n) is 6.84. The van der Waals surface area contributed by atoms with E-state index in [0.29, 0.717) is 46.0 Å². The van der Waals surface area contributed by atoms with Gasteiger partial charge in [-0.25, -0.2) is 9.97 Å². The Hall–Kier alpha value is -4.57. The Morgan fingerprint density at radius 3 is 2.07 bits per heavy atom. The fraction of sp³-hybridized carbons (Fsp3) is 0.121. The van der Waals surface area contributed by atoms with Gasteiger partial charge in [0.05, 0.1) is 12.0 Å². The number of nitrogens with zero attached hydrogens (tertiary/aromatic N) is 4. The van der Waals surface area contributed by atoms with Crippen molar-refractivity contribution in [2.45, 2.75) is 25.9 Å². The number of nitriles is 1. The summed E-state index contributed by atoms with van der Waals surface area (Å²) >= 11 is 12.8. The first-order valence-corrected chi connectivity index (χ1v) is 13.8. The number of aryl methyl sites for hydroxylation is 1. The normalized spacial score (nSPS) is 11.5. The van der Waals surface area contributed by atoms with Crippen LogP contribution in [0.15, 0.2) is 103 Å². The van der Waals surface area contributed by atoms with Crippen molar-refractivity contribution in [2.24, 2.45) is 0 Å². The second-order valence-electron chi connectivity index (χ2n) is 9.71. The van der Waals surface area contributed by atoms with Crippen molar-refractivity contribution in [3.05, 3.63) is 141 Å². The molecule has 5 rings (SSSR count). The molecule has 5 aromatic rings. The summed E-state index contributed by atoms with van der Waals surface area (Å²) < 4.78 is 0. The van der Waals surface area contributed by atoms with E-state index in [-0.39, 0.29) is 0 Å². The lowest BCUT2D eigenvalue weighted by atomic mass is 9.91. The molecule has 204 valence electrons. The number of halogens is 2. The van der Waals surface area contributed by atoms with E-state index in [1.54, 1.807) is 18.2 Å². The van der Waals surface area contributed by atoms with E-state index in [2.05, 4.69) is 50.5 Å². The summed E-state index contributed by atoms with van der Waals surface area (Å²) in [7, 11) is 0. The highest BCUT2D eigenvalue weighted by Crippen LogP contribution is 2.37. The number of nitrogen functional groups attached to an aromatic ring is 1. The van der Waals surface area contributed by atoms with Crippen molar-refractivity contribution >= 4 is 46.2 Å². The van der Waals surface area contributed by atoms with Crippen LogP contribution in [0.4, 0.5) is 23.0 Å². The van der Waals surface area contributed by atoms with Crippen LogP contribution in [0.5, 0.6) is 0 Å². The molecule has 0 spiro atoms. The molecular formula is C33H28Cl2N6. The lowest BCUT2D eigenvalue weighted by molar-refractivity contribution is 0.782. The van der Waals surface area contributed by atoms with Crippen LogP contribution >= 0.6 is 23.2 Å². The van der Waals surface area contributed by atoms with Gasteiger partial charge in [-0.2, -0.15) is 5.26 Å². The largest absolute Gasteiger partial charge is 0.393 e. The first-order chi connectivity index (χ1) is 19.9. The summed E-state index contributed by atoms with van der Waals surface area (Å²) in [6.07, 6.45) is 1.51. The van der Waals surface area contributed by atoms with Gasteiger partial charge in [0.2, 0.25) is 0 Å². The third kappa shape index (κ3) is 6.60. The van der Waals surface area contributed by atoms with Gasteiger partial charge in [0.25, 0.3) is 0 Å². The van der Waals surface area contributed by atoms with E-state index in [9.17, 15) is 5.26 Å². The Balaban J connectivity index is 1.45. The van der Waals surface area contributed by atoms with Gasteiger partial charge >= 0.3 is 0 Å². The molecule has 1 aromatic heterocycles. The van der Waals surface area contributed by atoms with E-state index >= 15 is 0 Å². The molecule has 0 radical (unpaired) electrons. The van der Waals surface area contributed by atoms with E-state index in [0.717, 1.165) is 27.9 Å². The molecular weight excluding hydrogens is 551 g/mol. The summed E-state index contributed by atoms with van der Waals surface area (Å²) in [5.41, 5.74) is 12.6. The molecule has 0 fully saturated rings. The Morgan fingerprint density at radius 1 is 0.878 bits per heavy atom. The van der Waals surface area contributed by atoms with Gasteiger partial charge in [0.1, 0.15) is 12.0 Å². The number of anilines is 4. The summed E-state index contributed by atoms with van der Waals surface area (Å²) in [4.78, 5) is 11.2. The first kappa shape index (κ1) is 28.0. The van der Waals surface area contributed by atoms with E-state index < -0.39 is 5.92 Å². The Morgan fingerprint density at radius 2 is 1.49 bits per heavy atom. The number of nitrogens with two attached hydrogens (primary N) is 1. The van der Waals surface area contributed by atoms with Crippen LogP contribution in [0, 0.1) is 18.3 Å². The molecule has 1 atom stereocenters. The Kier molecular flexibility index (Phi) is 8.69. The minimum absolute atomic E-state index is 0.426. The summed E-state index contributed by atoms with van der Waals surface area (Å²) in [5.74, 6) is 0.568. The maximum Gasteiger partial charge on any atom is 0.159 e. The molecule has 8 heteroatoms. The number of hydrogen-bond donors (Lipinski definition) is 2. The SMILES string of the molecule is Cc1cc(C(C#N)c2ccc(Cl)cc2)c(Cl)cc1Nc1ncnc(N(Cc2ccccc2)Cc2ccccc2)c1N. The van der Waals surface area contributed by atoms with Crippen molar-refractivity contribution < 1.29 is 0 Å². The van der Waals surface area contributed by atoms with Gasteiger partial charge in [-0.3, -0.25) is 0 Å². The molecule has 0 saturated heterocycles. The highest BCUT2D eigenvalue weighted by Gasteiger charge is 2.20. The van der Waals surface area contributed by atoms with E-state index in [1.807, 2.05) is 61.5 Å². The predicted octanol–water partition coefficient (Wildman–Crippen LogP) is 8.28. The Labute approximate surface area is 250 Å². The van der Waals surface area contributed by atoms with Crippen molar-refractivity contribution in [3.8, 4) is 6.07 Å². The molecule has 4 aromatic carbocycles. The average molecular weight is 580 g/mol. The predicted molar refractivity (Wildman–Crippen MR) is 168 cm³/mol. The van der Waals surface area contributed by atoms with Crippen molar-refractivity contribution in [1.82, 2.24) is 9.97 Å². The molecule has 1 heterocycles. The van der Waals surface area contributed by atoms with Crippen LogP contribution in [0.1, 0.15) is 33.7 Å². The molecule has 6 nitrogen and oxygen atoms in total. The summed E-state index contributed by atoms with van der Waals surface area (Å²) in [5, 5.41) is 14.4. The molecule has 0 amide bonds. The molecule has 41 heavy (non-hydrogen) atoms. The third-order valence-corrected chi connectivity index (χ3v) is 7.41. The quantitative estimate of drug-likeness (QED) is 0.183. The van der Waals surface area contributed by atoms with E-state index in [4.69, 9.17) is 28.9 Å². The number of nitrogens with one attached hydrogen (secondary N) is 1. The zero-order valence-corrected chi connectivity index (χ0v) is 23.9. The summed E-state index contributed by atoms with van der Waals surface area (Å²) in [6.45, 7) is 3.19. The van der Waals surface area contributed by atoms with Gasteiger partial charge in [-0.1, -0.05) is 102 Å². The second kappa shape index (κ2) is 12.7. The average Bonchev–Trinajstić information content (AvgIpc) is 2.98. The monoisotopic (exact) mass is 578 g/mol. The van der Waals surface area contributed by atoms with Crippen LogP contribution in [0.3, 0.4) is 0 Å². The van der Waals surface area contributed by atoms with Crippen molar-refractivity contribution in [2.75, 3.05) is 16.0 Å². The minimum Gasteiger partial charge on any atom is -0.393 e. The van der Waals surface area contributed by atoms with Gasteiger partial charge in [-0.05, 0) is 52.9 Å². The number of aromatic nitrogens is 2. The van der Waals surface area contributed by atoms with Crippen LogP contribution in [-0.4, -0.2) is 9.97 Å². The number of benzene rings is 4. The smallest absolute Gasteiger partial charge is 0.159 e. The minimum atomic E-state index is -0.534. The highest BCUT2D eigenvalue weighted by molar-refractivity contribution is 6.32. The number of hydrogen-bond acceptors (Lipinski definition) is 6. The van der Waals surface area contributed by atoms with Crippen molar-refractivity contribution in [1.29, 1.82) is 5.26 Å². The lowest BCUT2D eigenvalue weighted by Gasteiger charge is -2.26. The standard InChI is InChI=1S/C33H28Cl2N6/c1-22-16-27(28(18-36)25-12-14-26(34)15-13-25)29(35)17-30(22)40-32-31(37)33(39-21-38-32)41(19-23-8-4-2-5-9-23)20-24-10-6-3-7-11-24/h2-17,21,28H,19-20,37H2,1H3,(H,38,39,40).